The second-order valence-electron chi connectivity index (χ2n) is 4.42. The van der Waals surface area contributed by atoms with Crippen LogP contribution >= 0.6 is 0 Å². The molecule has 118 valence electrons. The number of hydrogen-bond donors (Lipinski definition) is 2. The zero-order chi connectivity index (χ0) is 16.8. The van der Waals surface area contributed by atoms with Crippen molar-refractivity contribution in [3.63, 3.8) is 0 Å². The Bertz CT molecular complexity index is 785. The van der Waals surface area contributed by atoms with Gasteiger partial charge in [-0.1, -0.05) is 11.2 Å². The number of methoxy groups -OCH3 is 2. The van der Waals surface area contributed by atoms with E-state index in [9.17, 15) is 9.90 Å². The Morgan fingerprint density at radius 1 is 1.17 bits per heavy atom. The highest BCUT2D eigenvalue weighted by molar-refractivity contribution is 5.96. The van der Waals surface area contributed by atoms with Gasteiger partial charge in [-0.2, -0.15) is 0 Å². The van der Waals surface area contributed by atoms with Crippen LogP contribution in [0, 0.1) is 0 Å². The largest absolute Gasteiger partial charge is 0.497 e. The molecule has 0 aliphatic heterocycles. The maximum atomic E-state index is 11.4. The van der Waals surface area contributed by atoms with Crippen molar-refractivity contribution in [1.82, 2.24) is 0 Å². The number of carboxylic acids is 1. The van der Waals surface area contributed by atoms with Crippen LogP contribution in [-0.4, -0.2) is 25.3 Å². The van der Waals surface area contributed by atoms with Gasteiger partial charge in [-0.05, 0) is 29.8 Å². The number of azide groups is 1. The number of carbonyl (C=O) groups is 1. The lowest BCUT2D eigenvalue weighted by Crippen LogP contribution is -2.03. The fourth-order valence-corrected chi connectivity index (χ4v) is 1.98. The number of nitrogens with zero attached hydrogens (tertiary/aromatic N) is 3. The second-order valence-corrected chi connectivity index (χ2v) is 4.42. The fraction of sp³-hybridized carbons (Fsp3) is 0.133. The van der Waals surface area contributed by atoms with Gasteiger partial charge in [0.15, 0.2) is 0 Å². The van der Waals surface area contributed by atoms with Crippen LogP contribution in [-0.2, 0) is 0 Å². The van der Waals surface area contributed by atoms with Gasteiger partial charge in [0.1, 0.15) is 11.5 Å². The summed E-state index contributed by atoms with van der Waals surface area (Å²) < 4.78 is 10.4. The number of nitrogens with one attached hydrogen (secondary N) is 1. The van der Waals surface area contributed by atoms with Gasteiger partial charge in [0.05, 0.1) is 31.2 Å². The number of ether oxygens (including phenoxy) is 2. The lowest BCUT2D eigenvalue weighted by atomic mass is 10.1. The summed E-state index contributed by atoms with van der Waals surface area (Å²) >= 11 is 0. The van der Waals surface area contributed by atoms with Gasteiger partial charge >= 0.3 is 5.97 Å². The summed E-state index contributed by atoms with van der Waals surface area (Å²) in [6.07, 6.45) is 0. The summed E-state index contributed by atoms with van der Waals surface area (Å²) in [5, 5.41) is 15.7. The minimum absolute atomic E-state index is 0.0206. The highest BCUT2D eigenvalue weighted by Crippen LogP contribution is 2.33. The zero-order valence-electron chi connectivity index (χ0n) is 12.5. The number of hydrogen-bond acceptors (Lipinski definition) is 5. The molecule has 0 atom stereocenters. The van der Waals surface area contributed by atoms with E-state index < -0.39 is 5.97 Å². The van der Waals surface area contributed by atoms with Gasteiger partial charge in [0.25, 0.3) is 0 Å². The van der Waals surface area contributed by atoms with Gasteiger partial charge in [-0.3, -0.25) is 0 Å². The molecule has 0 saturated carbocycles. The van der Waals surface area contributed by atoms with Crippen LogP contribution in [0.15, 0.2) is 41.5 Å². The molecule has 0 amide bonds. The molecular weight excluding hydrogens is 300 g/mol. The highest BCUT2D eigenvalue weighted by atomic mass is 16.5. The van der Waals surface area contributed by atoms with Crippen molar-refractivity contribution < 1.29 is 19.4 Å². The van der Waals surface area contributed by atoms with E-state index in [1.807, 2.05) is 0 Å². The first kappa shape index (κ1) is 16.0. The molecule has 23 heavy (non-hydrogen) atoms. The lowest BCUT2D eigenvalue weighted by molar-refractivity contribution is 0.0698. The third kappa shape index (κ3) is 3.63. The Hall–Kier alpha value is -3.38. The molecule has 2 aromatic carbocycles. The fourth-order valence-electron chi connectivity index (χ4n) is 1.98. The summed E-state index contributed by atoms with van der Waals surface area (Å²) in [5.41, 5.74) is 9.56. The van der Waals surface area contributed by atoms with Crippen molar-refractivity contribution in [1.29, 1.82) is 0 Å². The third-order valence-corrected chi connectivity index (χ3v) is 3.07. The van der Waals surface area contributed by atoms with E-state index in [2.05, 4.69) is 15.3 Å². The van der Waals surface area contributed by atoms with Crippen LogP contribution in [0.4, 0.5) is 17.1 Å². The van der Waals surface area contributed by atoms with Gasteiger partial charge in [-0.15, -0.1) is 0 Å². The Morgan fingerprint density at radius 3 is 2.52 bits per heavy atom. The first-order valence-electron chi connectivity index (χ1n) is 6.50. The van der Waals surface area contributed by atoms with Gasteiger partial charge in [-0.25, -0.2) is 4.79 Å². The highest BCUT2D eigenvalue weighted by Gasteiger charge is 2.13. The molecule has 8 heteroatoms. The maximum absolute atomic E-state index is 11.4. The molecule has 2 rings (SSSR count). The van der Waals surface area contributed by atoms with E-state index >= 15 is 0 Å². The molecule has 0 bridgehead atoms. The predicted molar refractivity (Wildman–Crippen MR) is 85.0 cm³/mol. The molecule has 0 fully saturated rings. The van der Waals surface area contributed by atoms with Crippen LogP contribution in [0.3, 0.4) is 0 Å². The number of carboxylic acid groups (broad SMARTS) is 1. The molecule has 0 aliphatic carbocycles. The van der Waals surface area contributed by atoms with E-state index in [1.54, 1.807) is 25.3 Å². The monoisotopic (exact) mass is 314 g/mol. The Kier molecular flexibility index (Phi) is 4.91. The van der Waals surface area contributed by atoms with Crippen molar-refractivity contribution >= 4 is 23.0 Å². The summed E-state index contributed by atoms with van der Waals surface area (Å²) in [6.45, 7) is 0. The summed E-state index contributed by atoms with van der Waals surface area (Å²) in [4.78, 5) is 14.0. The standard InChI is InChI=1S/C15H14N4O4/c1-22-10-4-6-13(14(8-10)23-2)17-12-5-3-9(18-19-16)7-11(12)15(20)21/h3-8,17H,1-2H3,(H,20,21). The lowest BCUT2D eigenvalue weighted by Gasteiger charge is -2.14. The molecule has 0 spiro atoms. The normalized spacial score (nSPS) is 9.65. The van der Waals surface area contributed by atoms with Crippen molar-refractivity contribution in [2.45, 2.75) is 0 Å². The molecule has 0 aromatic heterocycles. The molecular formula is C15H14N4O4. The number of rotatable bonds is 6. The average molecular weight is 314 g/mol. The Labute approximate surface area is 131 Å². The van der Waals surface area contributed by atoms with Crippen molar-refractivity contribution in [2.24, 2.45) is 5.11 Å². The molecule has 0 radical (unpaired) electrons. The van der Waals surface area contributed by atoms with Crippen LogP contribution in [0.2, 0.25) is 0 Å². The van der Waals surface area contributed by atoms with Crippen molar-refractivity contribution in [3.05, 3.63) is 52.4 Å². The maximum Gasteiger partial charge on any atom is 0.337 e. The minimum Gasteiger partial charge on any atom is -0.497 e. The van der Waals surface area contributed by atoms with Gasteiger partial charge < -0.3 is 19.9 Å². The van der Waals surface area contributed by atoms with Gasteiger partial charge in [0, 0.05) is 16.7 Å². The van der Waals surface area contributed by atoms with E-state index in [0.717, 1.165) is 0 Å². The number of aromatic carboxylic acids is 1. The summed E-state index contributed by atoms with van der Waals surface area (Å²) in [5.74, 6) is -0.0284. The summed E-state index contributed by atoms with van der Waals surface area (Å²) in [6, 6.07) is 9.45. The van der Waals surface area contributed by atoms with E-state index in [4.69, 9.17) is 15.0 Å². The third-order valence-electron chi connectivity index (χ3n) is 3.07. The van der Waals surface area contributed by atoms with E-state index in [1.165, 1.54) is 25.3 Å². The quantitative estimate of drug-likeness (QED) is 0.473. The SMILES string of the molecule is COc1ccc(Nc2ccc(N=[N+]=[N-])cc2C(=O)O)c(OC)c1. The van der Waals surface area contributed by atoms with Gasteiger partial charge in [0.2, 0.25) is 0 Å². The first-order chi connectivity index (χ1) is 11.1. The van der Waals surface area contributed by atoms with Crippen LogP contribution in [0.25, 0.3) is 10.4 Å². The molecule has 2 N–H and O–H groups in total. The topological polar surface area (TPSA) is 117 Å². The van der Waals surface area contributed by atoms with E-state index in [0.29, 0.717) is 22.9 Å². The Balaban J connectivity index is 2.43. The molecule has 0 heterocycles. The van der Waals surface area contributed by atoms with E-state index in [-0.39, 0.29) is 11.3 Å². The van der Waals surface area contributed by atoms with Crippen LogP contribution in [0.5, 0.6) is 11.5 Å². The Morgan fingerprint density at radius 2 is 1.91 bits per heavy atom. The average Bonchev–Trinajstić information content (AvgIpc) is 2.56. The van der Waals surface area contributed by atoms with Crippen LogP contribution < -0.4 is 14.8 Å². The molecule has 2 aromatic rings. The second kappa shape index (κ2) is 7.06. The van der Waals surface area contributed by atoms with Crippen molar-refractivity contribution in [2.75, 3.05) is 19.5 Å². The van der Waals surface area contributed by atoms with Crippen LogP contribution in [0.1, 0.15) is 10.4 Å². The summed E-state index contributed by atoms with van der Waals surface area (Å²) in [7, 11) is 3.04. The molecule has 8 nitrogen and oxygen atoms in total. The predicted octanol–water partition coefficient (Wildman–Crippen LogP) is 4.09. The first-order valence-corrected chi connectivity index (χ1v) is 6.50. The zero-order valence-corrected chi connectivity index (χ0v) is 12.5. The molecule has 0 unspecified atom stereocenters. The molecule has 0 saturated heterocycles. The number of anilines is 2. The van der Waals surface area contributed by atoms with Crippen molar-refractivity contribution in [3.8, 4) is 11.5 Å². The minimum atomic E-state index is -1.14. The molecule has 0 aliphatic rings. The number of benzene rings is 2. The smallest absolute Gasteiger partial charge is 0.337 e.